The molecule has 0 fully saturated rings. The molecule has 4 nitrogen and oxygen atoms in total. The number of hydrogen-bond donors (Lipinski definition) is 1. The maximum absolute atomic E-state index is 12.4. The molecule has 0 aliphatic heterocycles. The zero-order valence-corrected chi connectivity index (χ0v) is 17.3. The fraction of sp³-hybridized carbons (Fsp3) is 0.400. The first kappa shape index (κ1) is 19.1. The van der Waals surface area contributed by atoms with E-state index in [2.05, 4.69) is 38.3 Å². The average molecular weight is 432 g/mol. The highest BCUT2D eigenvalue weighted by Gasteiger charge is 2.21. The summed E-state index contributed by atoms with van der Waals surface area (Å²) in [5, 5.41) is 13.2. The van der Waals surface area contributed by atoms with Crippen molar-refractivity contribution in [2.24, 2.45) is 0 Å². The Bertz CT molecular complexity index is 840. The van der Waals surface area contributed by atoms with Crippen molar-refractivity contribution in [3.05, 3.63) is 50.3 Å². The Morgan fingerprint density at radius 2 is 2.12 bits per heavy atom. The third-order valence-electron chi connectivity index (χ3n) is 4.65. The maximum atomic E-state index is 12.4. The summed E-state index contributed by atoms with van der Waals surface area (Å²) in [4.78, 5) is 15.8. The Balaban J connectivity index is 1.55. The van der Waals surface area contributed by atoms with Crippen LogP contribution in [0.25, 0.3) is 0 Å². The summed E-state index contributed by atoms with van der Waals surface area (Å²) in [6.07, 6.45) is 4.70. The number of thiophene rings is 1. The van der Waals surface area contributed by atoms with Gasteiger partial charge in [-0.2, -0.15) is 5.26 Å². The van der Waals surface area contributed by atoms with E-state index in [0.717, 1.165) is 40.8 Å². The predicted octanol–water partition coefficient (Wildman–Crippen LogP) is 4.72. The van der Waals surface area contributed by atoms with Gasteiger partial charge in [-0.15, -0.1) is 11.3 Å². The fourth-order valence-electron chi connectivity index (χ4n) is 3.25. The summed E-state index contributed by atoms with van der Waals surface area (Å²) >= 11 is 5.14. The van der Waals surface area contributed by atoms with E-state index < -0.39 is 0 Å². The van der Waals surface area contributed by atoms with Crippen LogP contribution in [0.1, 0.15) is 40.8 Å². The summed E-state index contributed by atoms with van der Waals surface area (Å²) in [7, 11) is 2.01. The van der Waals surface area contributed by atoms with Crippen LogP contribution in [0, 0.1) is 11.3 Å². The maximum Gasteiger partial charge on any atom is 0.226 e. The summed E-state index contributed by atoms with van der Waals surface area (Å²) < 4.78 is 1.08. The minimum absolute atomic E-state index is 0.0286. The third-order valence-corrected chi connectivity index (χ3v) is 6.64. The lowest BCUT2D eigenvalue weighted by atomic mass is 9.96. The number of anilines is 1. The van der Waals surface area contributed by atoms with Crippen LogP contribution >= 0.6 is 27.3 Å². The van der Waals surface area contributed by atoms with E-state index in [0.29, 0.717) is 18.5 Å². The van der Waals surface area contributed by atoms with Gasteiger partial charge in [0.05, 0.1) is 5.56 Å². The highest BCUT2D eigenvalue weighted by Crippen LogP contribution is 2.37. The Labute approximate surface area is 167 Å². The molecule has 0 atom stereocenters. The molecular weight excluding hydrogens is 410 g/mol. The SMILES string of the molecule is CN(CCC(=O)Nc1sc2c(c1C#N)CCCC2)Cc1ccccc1Br. The summed E-state index contributed by atoms with van der Waals surface area (Å²) in [5.41, 5.74) is 3.04. The van der Waals surface area contributed by atoms with Crippen molar-refractivity contribution in [3.8, 4) is 6.07 Å². The smallest absolute Gasteiger partial charge is 0.226 e. The topological polar surface area (TPSA) is 56.1 Å². The molecule has 1 heterocycles. The highest BCUT2D eigenvalue weighted by molar-refractivity contribution is 9.10. The molecule has 0 unspecified atom stereocenters. The molecule has 136 valence electrons. The highest BCUT2D eigenvalue weighted by atomic mass is 79.9. The van der Waals surface area contributed by atoms with E-state index in [9.17, 15) is 10.1 Å². The fourth-order valence-corrected chi connectivity index (χ4v) is 4.92. The van der Waals surface area contributed by atoms with Crippen LogP contribution in [0.5, 0.6) is 0 Å². The van der Waals surface area contributed by atoms with Crippen LogP contribution in [-0.4, -0.2) is 24.4 Å². The van der Waals surface area contributed by atoms with Gasteiger partial charge in [0, 0.05) is 28.9 Å². The molecule has 1 aromatic carbocycles. The Morgan fingerprint density at radius 3 is 2.88 bits per heavy atom. The van der Waals surface area contributed by atoms with Crippen molar-refractivity contribution in [3.63, 3.8) is 0 Å². The summed E-state index contributed by atoms with van der Waals surface area (Å²) in [5.74, 6) is -0.0286. The number of carbonyl (C=O) groups excluding carboxylic acids is 1. The Morgan fingerprint density at radius 1 is 1.35 bits per heavy atom. The molecular formula is C20H22BrN3OS. The molecule has 6 heteroatoms. The number of hydrogen-bond acceptors (Lipinski definition) is 4. The van der Waals surface area contributed by atoms with Gasteiger partial charge < -0.3 is 10.2 Å². The predicted molar refractivity (Wildman–Crippen MR) is 109 cm³/mol. The normalized spacial score (nSPS) is 13.3. The van der Waals surface area contributed by atoms with Gasteiger partial charge in [0.15, 0.2) is 0 Å². The van der Waals surface area contributed by atoms with Gasteiger partial charge >= 0.3 is 0 Å². The molecule has 1 amide bonds. The van der Waals surface area contributed by atoms with Gasteiger partial charge in [0.2, 0.25) is 5.91 Å². The van der Waals surface area contributed by atoms with E-state index in [-0.39, 0.29) is 5.91 Å². The molecule has 0 saturated carbocycles. The van der Waals surface area contributed by atoms with Gasteiger partial charge in [-0.25, -0.2) is 0 Å². The molecule has 3 rings (SSSR count). The molecule has 2 aromatic rings. The molecule has 1 aliphatic carbocycles. The molecule has 1 aromatic heterocycles. The first-order chi connectivity index (χ1) is 12.6. The Hall–Kier alpha value is -1.68. The van der Waals surface area contributed by atoms with Crippen LogP contribution < -0.4 is 5.32 Å². The number of rotatable bonds is 6. The average Bonchev–Trinajstić information content (AvgIpc) is 2.99. The third kappa shape index (κ3) is 4.53. The van der Waals surface area contributed by atoms with Gasteiger partial charge in [0.1, 0.15) is 11.1 Å². The molecule has 26 heavy (non-hydrogen) atoms. The number of aryl methyl sites for hydroxylation is 1. The zero-order valence-electron chi connectivity index (χ0n) is 14.8. The number of nitriles is 1. The van der Waals surface area contributed by atoms with Gasteiger partial charge in [0.25, 0.3) is 0 Å². The molecule has 0 spiro atoms. The summed E-state index contributed by atoms with van der Waals surface area (Å²) in [6.45, 7) is 1.45. The largest absolute Gasteiger partial charge is 0.317 e. The minimum atomic E-state index is -0.0286. The second kappa shape index (κ2) is 8.81. The quantitative estimate of drug-likeness (QED) is 0.719. The zero-order chi connectivity index (χ0) is 18.5. The minimum Gasteiger partial charge on any atom is -0.317 e. The van der Waals surface area contributed by atoms with Crippen LogP contribution in [0.4, 0.5) is 5.00 Å². The monoisotopic (exact) mass is 431 g/mol. The molecule has 0 radical (unpaired) electrons. The van der Waals surface area contributed by atoms with Crippen LogP contribution in [0.3, 0.4) is 0 Å². The van der Waals surface area contributed by atoms with Crippen molar-refractivity contribution in [1.29, 1.82) is 5.26 Å². The van der Waals surface area contributed by atoms with E-state index in [4.69, 9.17) is 0 Å². The molecule has 1 aliphatic rings. The van der Waals surface area contributed by atoms with Gasteiger partial charge in [-0.1, -0.05) is 34.1 Å². The molecule has 1 N–H and O–H groups in total. The van der Waals surface area contributed by atoms with Gasteiger partial charge in [-0.3, -0.25) is 4.79 Å². The van der Waals surface area contributed by atoms with Crippen molar-refractivity contribution in [2.45, 2.75) is 38.6 Å². The standard InChI is InChI=1S/C20H22BrN3OS/c1-24(13-14-6-2-4-8-17(14)21)11-10-19(25)23-20-16(12-22)15-7-3-5-9-18(15)26-20/h2,4,6,8H,3,5,7,9-11,13H2,1H3,(H,23,25). The number of amides is 1. The first-order valence-electron chi connectivity index (χ1n) is 8.85. The van der Waals surface area contributed by atoms with Crippen molar-refractivity contribution in [2.75, 3.05) is 18.9 Å². The number of nitrogens with zero attached hydrogens (tertiary/aromatic N) is 2. The number of nitrogens with one attached hydrogen (secondary N) is 1. The number of fused-ring (bicyclic) bond motifs is 1. The molecule has 0 bridgehead atoms. The second-order valence-corrected chi connectivity index (χ2v) is 8.61. The van der Waals surface area contributed by atoms with E-state index in [1.54, 1.807) is 11.3 Å². The van der Waals surface area contributed by atoms with Crippen LogP contribution in [0.15, 0.2) is 28.7 Å². The van der Waals surface area contributed by atoms with Crippen molar-refractivity contribution < 1.29 is 4.79 Å². The number of halogens is 1. The van der Waals surface area contributed by atoms with E-state index >= 15 is 0 Å². The number of carbonyl (C=O) groups is 1. The van der Waals surface area contributed by atoms with Crippen LogP contribution in [0.2, 0.25) is 0 Å². The lowest BCUT2D eigenvalue weighted by Crippen LogP contribution is -2.24. The van der Waals surface area contributed by atoms with E-state index in [1.165, 1.54) is 16.9 Å². The molecule has 0 saturated heterocycles. The lowest BCUT2D eigenvalue weighted by molar-refractivity contribution is -0.116. The Kier molecular flexibility index (Phi) is 6.47. The van der Waals surface area contributed by atoms with Crippen LogP contribution in [-0.2, 0) is 24.2 Å². The van der Waals surface area contributed by atoms with Crippen molar-refractivity contribution >= 4 is 38.2 Å². The first-order valence-corrected chi connectivity index (χ1v) is 10.5. The van der Waals surface area contributed by atoms with E-state index in [1.807, 2.05) is 25.2 Å². The summed E-state index contributed by atoms with van der Waals surface area (Å²) in [6, 6.07) is 10.4. The second-order valence-electron chi connectivity index (χ2n) is 6.65. The lowest BCUT2D eigenvalue weighted by Gasteiger charge is -2.17. The van der Waals surface area contributed by atoms with Gasteiger partial charge in [-0.05, 0) is 49.9 Å². The number of benzene rings is 1. The van der Waals surface area contributed by atoms with Crippen molar-refractivity contribution in [1.82, 2.24) is 4.90 Å².